The first-order valence-corrected chi connectivity index (χ1v) is 7.62. The predicted octanol–water partition coefficient (Wildman–Crippen LogP) is 2.84. The average molecular weight is 392 g/mol. The molecule has 1 aromatic carbocycles. The van der Waals surface area contributed by atoms with E-state index in [1.54, 1.807) is 7.11 Å². The van der Waals surface area contributed by atoms with Crippen LogP contribution in [0.5, 0.6) is 0 Å². The van der Waals surface area contributed by atoms with Crippen molar-refractivity contribution in [1.29, 1.82) is 0 Å². The van der Waals surface area contributed by atoms with Gasteiger partial charge in [0.15, 0.2) is 0 Å². The smallest absolute Gasteiger partial charge is 0.241 e. The molecule has 1 heterocycles. The molecule has 1 amide bonds. The van der Waals surface area contributed by atoms with Crippen LogP contribution in [0.2, 0.25) is 0 Å². The summed E-state index contributed by atoms with van der Waals surface area (Å²) >= 11 is 6.94. The fourth-order valence-electron chi connectivity index (χ4n) is 2.11. The highest BCUT2D eigenvalue weighted by Crippen LogP contribution is 2.32. The number of hydrogen-bond donors (Lipinski definition) is 2. The number of aryl methyl sites for hydroxylation is 1. The maximum atomic E-state index is 12.2. The number of carbonyl (C=O) groups excluding carboxylic acids is 1. The van der Waals surface area contributed by atoms with Crippen molar-refractivity contribution in [3.05, 3.63) is 26.6 Å². The molecular weight excluding hydrogens is 376 g/mol. The molecule has 2 unspecified atom stereocenters. The van der Waals surface area contributed by atoms with Gasteiger partial charge in [0, 0.05) is 22.6 Å². The second-order valence-electron chi connectivity index (χ2n) is 4.65. The van der Waals surface area contributed by atoms with E-state index in [-0.39, 0.29) is 18.1 Å². The third-order valence-electron chi connectivity index (χ3n) is 3.17. The number of anilines is 1. The molecule has 0 aliphatic carbocycles. The second-order valence-corrected chi connectivity index (χ2v) is 6.36. The Balaban J connectivity index is 2.08. The Bertz CT molecular complexity index is 471. The van der Waals surface area contributed by atoms with Crippen molar-refractivity contribution in [2.24, 2.45) is 0 Å². The van der Waals surface area contributed by atoms with Gasteiger partial charge in [-0.05, 0) is 62.9 Å². The van der Waals surface area contributed by atoms with Gasteiger partial charge in [0.2, 0.25) is 5.91 Å². The molecule has 1 aliphatic heterocycles. The molecule has 19 heavy (non-hydrogen) atoms. The van der Waals surface area contributed by atoms with Crippen LogP contribution in [0.15, 0.2) is 21.1 Å². The van der Waals surface area contributed by atoms with Crippen LogP contribution in [-0.4, -0.2) is 31.7 Å². The van der Waals surface area contributed by atoms with E-state index in [4.69, 9.17) is 4.74 Å². The van der Waals surface area contributed by atoms with E-state index in [0.29, 0.717) is 13.0 Å². The van der Waals surface area contributed by atoms with Gasteiger partial charge >= 0.3 is 0 Å². The third kappa shape index (κ3) is 3.56. The van der Waals surface area contributed by atoms with Gasteiger partial charge in [-0.1, -0.05) is 0 Å². The van der Waals surface area contributed by atoms with Crippen molar-refractivity contribution in [2.75, 3.05) is 19.0 Å². The van der Waals surface area contributed by atoms with E-state index in [1.165, 1.54) is 0 Å². The number of amides is 1. The first-order valence-electron chi connectivity index (χ1n) is 6.04. The average Bonchev–Trinajstić information content (AvgIpc) is 2.82. The molecule has 0 radical (unpaired) electrons. The molecule has 2 N–H and O–H groups in total. The molecule has 1 saturated heterocycles. The lowest BCUT2D eigenvalue weighted by molar-refractivity contribution is -0.118. The zero-order chi connectivity index (χ0) is 14.0. The Morgan fingerprint density at radius 2 is 2.05 bits per heavy atom. The fraction of sp³-hybridized carbons (Fsp3) is 0.462. The minimum absolute atomic E-state index is 0.0372. The van der Waals surface area contributed by atoms with E-state index in [1.807, 2.05) is 19.1 Å². The monoisotopic (exact) mass is 390 g/mol. The Kier molecular flexibility index (Phi) is 5.00. The van der Waals surface area contributed by atoms with Crippen LogP contribution in [0.4, 0.5) is 5.69 Å². The lowest BCUT2D eigenvalue weighted by Gasteiger charge is -2.14. The van der Waals surface area contributed by atoms with Crippen molar-refractivity contribution in [2.45, 2.75) is 25.5 Å². The number of halogens is 2. The number of benzene rings is 1. The zero-order valence-corrected chi connectivity index (χ0v) is 14.0. The number of nitrogens with one attached hydrogen (secondary N) is 2. The molecule has 0 aromatic heterocycles. The third-order valence-corrected chi connectivity index (χ3v) is 4.43. The molecular formula is C13H16Br2N2O2. The van der Waals surface area contributed by atoms with Crippen molar-refractivity contribution in [3.8, 4) is 0 Å². The minimum Gasteiger partial charge on any atom is -0.380 e. The Morgan fingerprint density at radius 3 is 2.58 bits per heavy atom. The topological polar surface area (TPSA) is 50.4 Å². The molecule has 2 atom stereocenters. The van der Waals surface area contributed by atoms with Crippen LogP contribution in [-0.2, 0) is 9.53 Å². The predicted molar refractivity (Wildman–Crippen MR) is 82.4 cm³/mol. The summed E-state index contributed by atoms with van der Waals surface area (Å²) in [7, 11) is 1.67. The first-order chi connectivity index (χ1) is 9.01. The largest absolute Gasteiger partial charge is 0.380 e. The summed E-state index contributed by atoms with van der Waals surface area (Å²) in [5.74, 6) is -0.0372. The molecule has 1 aromatic rings. The van der Waals surface area contributed by atoms with Crippen LogP contribution in [0.3, 0.4) is 0 Å². The van der Waals surface area contributed by atoms with Crippen LogP contribution in [0, 0.1) is 6.92 Å². The van der Waals surface area contributed by atoms with Crippen molar-refractivity contribution in [3.63, 3.8) is 0 Å². The van der Waals surface area contributed by atoms with E-state index in [0.717, 1.165) is 20.2 Å². The zero-order valence-electron chi connectivity index (χ0n) is 10.8. The molecule has 4 nitrogen and oxygen atoms in total. The number of rotatable bonds is 3. The maximum absolute atomic E-state index is 12.2. The summed E-state index contributed by atoms with van der Waals surface area (Å²) in [6.45, 7) is 2.72. The van der Waals surface area contributed by atoms with Gasteiger partial charge in [0.05, 0.1) is 17.8 Å². The molecule has 104 valence electrons. The van der Waals surface area contributed by atoms with E-state index < -0.39 is 0 Å². The standard InChI is InChI=1S/C13H16Br2N2O2/c1-7-3-9(14)12(10(15)4-7)17-13(18)11-5-8(19-2)6-16-11/h3-4,8,11,16H,5-6H2,1-2H3,(H,17,18). The number of hydrogen-bond acceptors (Lipinski definition) is 3. The summed E-state index contributed by atoms with van der Waals surface area (Å²) < 4.78 is 6.98. The fourth-order valence-corrected chi connectivity index (χ4v) is 3.73. The molecule has 6 heteroatoms. The molecule has 1 aliphatic rings. The van der Waals surface area contributed by atoms with Crippen LogP contribution < -0.4 is 10.6 Å². The Hall–Kier alpha value is -0.430. The van der Waals surface area contributed by atoms with Crippen molar-refractivity contribution in [1.82, 2.24) is 5.32 Å². The molecule has 0 spiro atoms. The van der Waals surface area contributed by atoms with E-state index >= 15 is 0 Å². The van der Waals surface area contributed by atoms with E-state index in [9.17, 15) is 4.79 Å². The van der Waals surface area contributed by atoms with Crippen LogP contribution in [0.1, 0.15) is 12.0 Å². The molecule has 0 saturated carbocycles. The summed E-state index contributed by atoms with van der Waals surface area (Å²) in [6, 6.07) is 3.74. The summed E-state index contributed by atoms with van der Waals surface area (Å²) in [5.41, 5.74) is 1.88. The van der Waals surface area contributed by atoms with Crippen molar-refractivity contribution >= 4 is 43.5 Å². The molecule has 0 bridgehead atoms. The van der Waals surface area contributed by atoms with Gasteiger partial charge < -0.3 is 15.4 Å². The number of carbonyl (C=O) groups is 1. The summed E-state index contributed by atoms with van der Waals surface area (Å²) in [5, 5.41) is 6.10. The Morgan fingerprint density at radius 1 is 1.42 bits per heavy atom. The first kappa shape index (κ1) is 15.0. The van der Waals surface area contributed by atoms with Gasteiger partial charge in [-0.3, -0.25) is 4.79 Å². The van der Waals surface area contributed by atoms with Crippen LogP contribution in [0.25, 0.3) is 0 Å². The van der Waals surface area contributed by atoms with Crippen molar-refractivity contribution < 1.29 is 9.53 Å². The molecule has 1 fully saturated rings. The van der Waals surface area contributed by atoms with Gasteiger partial charge in [-0.15, -0.1) is 0 Å². The second kappa shape index (κ2) is 6.35. The maximum Gasteiger partial charge on any atom is 0.241 e. The summed E-state index contributed by atoms with van der Waals surface area (Å²) in [4.78, 5) is 12.2. The number of methoxy groups -OCH3 is 1. The van der Waals surface area contributed by atoms with Gasteiger partial charge in [0.1, 0.15) is 0 Å². The highest BCUT2D eigenvalue weighted by atomic mass is 79.9. The lowest BCUT2D eigenvalue weighted by Crippen LogP contribution is -2.35. The summed E-state index contributed by atoms with van der Waals surface area (Å²) in [6.07, 6.45) is 0.810. The highest BCUT2D eigenvalue weighted by Gasteiger charge is 2.29. The van der Waals surface area contributed by atoms with E-state index in [2.05, 4.69) is 42.5 Å². The van der Waals surface area contributed by atoms with Gasteiger partial charge in [0.25, 0.3) is 0 Å². The quantitative estimate of drug-likeness (QED) is 0.832. The van der Waals surface area contributed by atoms with Gasteiger partial charge in [-0.2, -0.15) is 0 Å². The normalized spacial score (nSPS) is 22.5. The van der Waals surface area contributed by atoms with Gasteiger partial charge in [-0.25, -0.2) is 0 Å². The van der Waals surface area contributed by atoms with Crippen LogP contribution >= 0.6 is 31.9 Å². The minimum atomic E-state index is -0.204. The number of ether oxygens (including phenoxy) is 1. The molecule has 2 rings (SSSR count). The highest BCUT2D eigenvalue weighted by molar-refractivity contribution is 9.11. The Labute approximate surface area is 129 Å². The lowest BCUT2D eigenvalue weighted by atomic mass is 10.1. The SMILES string of the molecule is COC1CNC(C(=O)Nc2c(Br)cc(C)cc2Br)C1.